The molecule has 0 radical (unpaired) electrons. The van der Waals surface area contributed by atoms with Gasteiger partial charge in [0.05, 0.1) is 24.3 Å². The van der Waals surface area contributed by atoms with E-state index in [1.54, 1.807) is 30.3 Å². The van der Waals surface area contributed by atoms with Gasteiger partial charge in [-0.1, -0.05) is 41.9 Å². The number of imide groups is 1. The highest BCUT2D eigenvalue weighted by atomic mass is 35.5. The molecule has 2 unspecified atom stereocenters. The largest absolute Gasteiger partial charge is 0.328 e. The summed E-state index contributed by atoms with van der Waals surface area (Å²) >= 11 is 6.23. The van der Waals surface area contributed by atoms with Gasteiger partial charge < -0.3 is 5.32 Å². The molecule has 162 valence electrons. The summed E-state index contributed by atoms with van der Waals surface area (Å²) in [5.74, 6) is -1.86. The van der Waals surface area contributed by atoms with E-state index >= 15 is 0 Å². The summed E-state index contributed by atoms with van der Waals surface area (Å²) in [5.41, 5.74) is 0.679. The van der Waals surface area contributed by atoms with Crippen molar-refractivity contribution in [1.82, 2.24) is 15.1 Å². The van der Waals surface area contributed by atoms with E-state index in [1.807, 2.05) is 0 Å². The molecule has 2 aliphatic heterocycles. The number of nitrogens with one attached hydrogen (secondary N) is 2. The number of amides is 4. The first kappa shape index (κ1) is 21.3. The summed E-state index contributed by atoms with van der Waals surface area (Å²) in [5, 5.41) is 6.14. The number of piperidine rings is 1. The Morgan fingerprint density at radius 1 is 1.16 bits per heavy atom. The number of anilines is 1. The van der Waals surface area contributed by atoms with Crippen LogP contribution >= 0.6 is 11.6 Å². The first-order valence-corrected chi connectivity index (χ1v) is 10.5. The van der Waals surface area contributed by atoms with Crippen molar-refractivity contribution >= 4 is 35.1 Å². The standard InChI is InChI=1S/C22H22ClFN4O3/c23-16-8-2-1-6-14(16)12-28-21(30)15-7-5-11-25-20(15)27(22(28)31)13-19(29)26-18-10-4-3-9-17(18)24/h1-4,6,8-10,15,20,25H,5,7,11-13H2,(H,26,29). The molecule has 2 saturated heterocycles. The summed E-state index contributed by atoms with van der Waals surface area (Å²) in [6.07, 6.45) is 0.812. The maximum atomic E-state index is 13.9. The molecule has 2 aliphatic rings. The molecular formula is C22H22ClFN4O3. The number of carbonyl (C=O) groups excluding carboxylic acids is 3. The van der Waals surface area contributed by atoms with Crippen molar-refractivity contribution in [3.8, 4) is 0 Å². The Hall–Kier alpha value is -2.97. The first-order chi connectivity index (χ1) is 15.0. The van der Waals surface area contributed by atoms with E-state index in [2.05, 4.69) is 10.6 Å². The van der Waals surface area contributed by atoms with Crippen LogP contribution in [0, 0.1) is 11.7 Å². The van der Waals surface area contributed by atoms with Gasteiger partial charge in [0, 0.05) is 5.02 Å². The first-order valence-electron chi connectivity index (χ1n) is 10.1. The number of benzene rings is 2. The second-order valence-electron chi connectivity index (χ2n) is 7.60. The van der Waals surface area contributed by atoms with Gasteiger partial charge >= 0.3 is 6.03 Å². The third kappa shape index (κ3) is 4.40. The van der Waals surface area contributed by atoms with Crippen molar-refractivity contribution in [2.45, 2.75) is 25.6 Å². The lowest BCUT2D eigenvalue weighted by atomic mass is 9.91. The summed E-state index contributed by atoms with van der Waals surface area (Å²) in [6, 6.07) is 12.2. The van der Waals surface area contributed by atoms with Crippen LogP contribution < -0.4 is 10.6 Å². The normalized spacial score (nSPS) is 21.1. The maximum absolute atomic E-state index is 13.9. The zero-order valence-electron chi connectivity index (χ0n) is 16.7. The minimum absolute atomic E-state index is 0.0198. The van der Waals surface area contributed by atoms with Gasteiger partial charge in [0.15, 0.2) is 0 Å². The number of para-hydroxylation sites is 1. The lowest BCUT2D eigenvalue weighted by molar-refractivity contribution is -0.143. The molecule has 4 amide bonds. The molecule has 2 heterocycles. The highest BCUT2D eigenvalue weighted by Gasteiger charge is 2.47. The van der Waals surface area contributed by atoms with Gasteiger partial charge in [0.2, 0.25) is 11.8 Å². The Morgan fingerprint density at radius 2 is 1.90 bits per heavy atom. The molecule has 7 nitrogen and oxygen atoms in total. The molecule has 2 aromatic carbocycles. The van der Waals surface area contributed by atoms with Crippen molar-refractivity contribution in [2.24, 2.45) is 5.92 Å². The highest BCUT2D eigenvalue weighted by molar-refractivity contribution is 6.31. The molecule has 4 rings (SSSR count). The third-order valence-electron chi connectivity index (χ3n) is 5.57. The molecule has 0 spiro atoms. The van der Waals surface area contributed by atoms with Crippen LogP contribution in [0.5, 0.6) is 0 Å². The van der Waals surface area contributed by atoms with Crippen LogP contribution in [-0.4, -0.2) is 46.9 Å². The fourth-order valence-electron chi connectivity index (χ4n) is 4.04. The number of rotatable bonds is 5. The third-order valence-corrected chi connectivity index (χ3v) is 5.94. The number of nitrogens with zero attached hydrogens (tertiary/aromatic N) is 2. The lowest BCUT2D eigenvalue weighted by Crippen LogP contribution is -2.68. The summed E-state index contributed by atoms with van der Waals surface area (Å²) in [4.78, 5) is 41.5. The van der Waals surface area contributed by atoms with Crippen LogP contribution in [0.25, 0.3) is 0 Å². The number of fused-ring (bicyclic) bond motifs is 1. The van der Waals surface area contributed by atoms with Crippen molar-refractivity contribution in [2.75, 3.05) is 18.4 Å². The van der Waals surface area contributed by atoms with Crippen LogP contribution in [-0.2, 0) is 16.1 Å². The molecule has 0 aliphatic carbocycles. The summed E-state index contributed by atoms with van der Waals surface area (Å²) in [7, 11) is 0. The van der Waals surface area contributed by atoms with Crippen LogP contribution in [0.15, 0.2) is 48.5 Å². The van der Waals surface area contributed by atoms with Crippen LogP contribution in [0.2, 0.25) is 5.02 Å². The fourth-order valence-corrected chi connectivity index (χ4v) is 4.24. The Kier molecular flexibility index (Phi) is 6.20. The van der Waals surface area contributed by atoms with Crippen molar-refractivity contribution in [3.63, 3.8) is 0 Å². The molecule has 31 heavy (non-hydrogen) atoms. The average molecular weight is 445 g/mol. The van der Waals surface area contributed by atoms with E-state index in [9.17, 15) is 18.8 Å². The Labute approximate surface area is 184 Å². The van der Waals surface area contributed by atoms with Gasteiger partial charge in [0.1, 0.15) is 12.4 Å². The topological polar surface area (TPSA) is 81.8 Å². The van der Waals surface area contributed by atoms with Gasteiger partial charge in [-0.3, -0.25) is 24.7 Å². The molecule has 0 bridgehead atoms. The van der Waals surface area contributed by atoms with Crippen molar-refractivity contribution < 1.29 is 18.8 Å². The number of urea groups is 1. The van der Waals surface area contributed by atoms with E-state index in [4.69, 9.17) is 11.6 Å². The van der Waals surface area contributed by atoms with Gasteiger partial charge in [-0.25, -0.2) is 9.18 Å². The van der Waals surface area contributed by atoms with E-state index in [0.717, 1.165) is 11.3 Å². The fraction of sp³-hybridized carbons (Fsp3) is 0.318. The van der Waals surface area contributed by atoms with E-state index < -0.39 is 29.8 Å². The number of halogens is 2. The van der Waals surface area contributed by atoms with Gasteiger partial charge in [-0.2, -0.15) is 0 Å². The Balaban J connectivity index is 1.56. The number of hydrogen-bond acceptors (Lipinski definition) is 4. The zero-order chi connectivity index (χ0) is 22.0. The van der Waals surface area contributed by atoms with E-state index in [-0.39, 0.29) is 24.7 Å². The minimum Gasteiger partial charge on any atom is -0.322 e. The molecule has 2 atom stereocenters. The van der Waals surface area contributed by atoms with Crippen LogP contribution in [0.3, 0.4) is 0 Å². The zero-order valence-corrected chi connectivity index (χ0v) is 17.4. The molecule has 9 heteroatoms. The second-order valence-corrected chi connectivity index (χ2v) is 8.01. The second kappa shape index (κ2) is 9.03. The van der Waals surface area contributed by atoms with E-state index in [0.29, 0.717) is 23.6 Å². The predicted octanol–water partition coefficient (Wildman–Crippen LogP) is 3.21. The molecule has 0 saturated carbocycles. The van der Waals surface area contributed by atoms with Gasteiger partial charge in [-0.05, 0) is 43.1 Å². The average Bonchev–Trinajstić information content (AvgIpc) is 2.77. The molecule has 0 aromatic heterocycles. The van der Waals surface area contributed by atoms with Gasteiger partial charge in [-0.15, -0.1) is 0 Å². The summed E-state index contributed by atoms with van der Waals surface area (Å²) < 4.78 is 13.9. The van der Waals surface area contributed by atoms with E-state index in [1.165, 1.54) is 23.1 Å². The smallest absolute Gasteiger partial charge is 0.322 e. The highest BCUT2D eigenvalue weighted by Crippen LogP contribution is 2.30. The molecular weight excluding hydrogens is 423 g/mol. The number of carbonyl (C=O) groups is 3. The van der Waals surface area contributed by atoms with Crippen molar-refractivity contribution in [1.29, 1.82) is 0 Å². The quantitative estimate of drug-likeness (QED) is 0.742. The molecule has 2 aromatic rings. The monoisotopic (exact) mass is 444 g/mol. The molecule has 2 fully saturated rings. The lowest BCUT2D eigenvalue weighted by Gasteiger charge is -2.46. The Bertz CT molecular complexity index is 1020. The van der Waals surface area contributed by atoms with Crippen LogP contribution in [0.4, 0.5) is 14.9 Å². The molecule has 2 N–H and O–H groups in total. The van der Waals surface area contributed by atoms with Crippen LogP contribution in [0.1, 0.15) is 18.4 Å². The SMILES string of the molecule is O=C(CN1C(=O)N(Cc2ccccc2Cl)C(=O)C2CCCNC21)Nc1ccccc1F. The maximum Gasteiger partial charge on any atom is 0.328 e. The number of hydrogen-bond donors (Lipinski definition) is 2. The van der Waals surface area contributed by atoms with Crippen molar-refractivity contribution in [3.05, 3.63) is 64.9 Å². The Morgan fingerprint density at radius 3 is 2.68 bits per heavy atom. The summed E-state index contributed by atoms with van der Waals surface area (Å²) in [6.45, 7) is 0.345. The minimum atomic E-state index is -0.581. The predicted molar refractivity (Wildman–Crippen MR) is 114 cm³/mol. The van der Waals surface area contributed by atoms with Gasteiger partial charge in [0.25, 0.3) is 0 Å².